The Kier molecular flexibility index (Phi) is 4.64. The maximum absolute atomic E-state index is 5.36. The normalized spacial score (nSPS) is 11.6. The summed E-state index contributed by atoms with van der Waals surface area (Å²) in [6, 6.07) is 0. The van der Waals surface area contributed by atoms with Gasteiger partial charge in [-0.25, -0.2) is 4.99 Å². The summed E-state index contributed by atoms with van der Waals surface area (Å²) in [4.78, 5) is 3.64. The van der Waals surface area contributed by atoms with Crippen LogP contribution in [0.4, 0.5) is 0 Å². The van der Waals surface area contributed by atoms with Gasteiger partial charge in [-0.15, -0.1) is 0 Å². The van der Waals surface area contributed by atoms with Gasteiger partial charge in [-0.1, -0.05) is 18.2 Å². The molecule has 0 amide bonds. The molecule has 0 aromatic heterocycles. The van der Waals surface area contributed by atoms with Gasteiger partial charge in [0.25, 0.3) is 0 Å². The van der Waals surface area contributed by atoms with Gasteiger partial charge in [0.15, 0.2) is 4.50 Å². The minimum absolute atomic E-state index is 0.270. The van der Waals surface area contributed by atoms with E-state index in [9.17, 15) is 0 Å². The van der Waals surface area contributed by atoms with Crippen LogP contribution in [0.5, 0.6) is 0 Å². The second-order valence-electron chi connectivity index (χ2n) is 0.859. The molecule has 0 rings (SSSR count). The van der Waals surface area contributed by atoms with E-state index in [2.05, 4.69) is 27.5 Å². The summed E-state index contributed by atoms with van der Waals surface area (Å²) in [6.45, 7) is 3.42. The van der Waals surface area contributed by atoms with E-state index in [0.29, 0.717) is 4.61 Å². The Morgan fingerprint density at radius 3 is 2.50 bits per heavy atom. The molecule has 5 heteroatoms. The molecule has 0 radical (unpaired) electrons. The number of aliphatic imine (C=N–C) groups is 1. The van der Waals surface area contributed by atoms with E-state index in [1.54, 1.807) is 0 Å². The topological polar surface area (TPSA) is 38.4 Å². The molecule has 2 N–H and O–H groups in total. The highest BCUT2D eigenvalue weighted by Gasteiger charge is 1.87. The lowest BCUT2D eigenvalue weighted by Crippen LogP contribution is -1.84. The fourth-order valence-electron chi connectivity index (χ4n) is 0.122. The summed E-state index contributed by atoms with van der Waals surface area (Å²) in [5.74, 6) is 0. The lowest BCUT2D eigenvalue weighted by molar-refractivity contribution is 1.60. The predicted octanol–water partition coefficient (Wildman–Crippen LogP) is 2.05. The van der Waals surface area contributed by atoms with Crippen LogP contribution in [-0.2, 0) is 0 Å². The van der Waals surface area contributed by atoms with Gasteiger partial charge in [0, 0.05) is 0 Å². The molecule has 0 spiro atoms. The molecule has 2 nitrogen and oxygen atoms in total. The average Bonchev–Trinajstić information content (AvgIpc) is 1.65. The minimum Gasteiger partial charge on any atom is -0.272 e. The summed E-state index contributed by atoms with van der Waals surface area (Å²) in [6.07, 6.45) is 0. The summed E-state index contributed by atoms with van der Waals surface area (Å²) in [5, 5.41) is 5.01. The van der Waals surface area contributed by atoms with Crippen LogP contribution in [0.15, 0.2) is 16.2 Å². The zero-order chi connectivity index (χ0) is 6.57. The summed E-state index contributed by atoms with van der Waals surface area (Å²) < 4.78 is 0.743. The van der Waals surface area contributed by atoms with Gasteiger partial charge in [-0.2, -0.15) is 0 Å². The van der Waals surface area contributed by atoms with Crippen molar-refractivity contribution in [2.45, 2.75) is 0 Å². The molecule has 0 aromatic rings. The first-order chi connectivity index (χ1) is 3.66. The van der Waals surface area contributed by atoms with E-state index in [4.69, 9.17) is 16.7 Å². The first-order valence-corrected chi connectivity index (χ1v) is 3.67. The Balaban J connectivity index is 3.75. The van der Waals surface area contributed by atoms with Crippen LogP contribution in [0.25, 0.3) is 0 Å². The van der Waals surface area contributed by atoms with Crippen molar-refractivity contribution in [3.8, 4) is 0 Å². The van der Waals surface area contributed by atoms with Crippen LogP contribution in [0.2, 0.25) is 0 Å². The molecule has 46 valence electrons. The van der Waals surface area contributed by atoms with Crippen molar-refractivity contribution in [3.05, 3.63) is 11.2 Å². The minimum atomic E-state index is 0.270. The van der Waals surface area contributed by atoms with Crippen molar-refractivity contribution in [2.75, 3.05) is 0 Å². The fraction of sp³-hybridized carbons (Fsp3) is 0. The number of hydrogen-bond acceptors (Lipinski definition) is 3. The van der Waals surface area contributed by atoms with Crippen LogP contribution in [0, 0.1) is 0 Å². The monoisotopic (exact) mass is 214 g/mol. The van der Waals surface area contributed by atoms with Gasteiger partial charge in [0.05, 0.1) is 0 Å². The molecule has 0 aromatic carbocycles. The highest BCUT2D eigenvalue weighted by atomic mass is 79.9. The Morgan fingerprint density at radius 1 is 1.88 bits per heavy atom. The third-order valence-electron chi connectivity index (χ3n) is 0.306. The van der Waals surface area contributed by atoms with Gasteiger partial charge in [0.2, 0.25) is 0 Å². The van der Waals surface area contributed by atoms with Crippen LogP contribution in [0.1, 0.15) is 0 Å². The molecule has 0 aliphatic heterocycles. The molecule has 0 heterocycles. The highest BCUT2D eigenvalue weighted by molar-refractivity contribution is 9.11. The van der Waals surface area contributed by atoms with E-state index < -0.39 is 0 Å². The van der Waals surface area contributed by atoms with E-state index >= 15 is 0 Å². The van der Waals surface area contributed by atoms with Gasteiger partial charge in [-0.3, -0.25) is 5.14 Å². The van der Waals surface area contributed by atoms with Crippen LogP contribution >= 0.6 is 39.5 Å². The maximum atomic E-state index is 5.36. The summed E-state index contributed by atoms with van der Waals surface area (Å²) >= 11 is 9.22. The Hall–Kier alpha value is 0.490. The molecule has 0 saturated carbocycles. The number of rotatable bonds is 1. The van der Waals surface area contributed by atoms with E-state index in [1.165, 1.54) is 0 Å². The predicted molar refractivity (Wildman–Crippen MR) is 43.1 cm³/mol. The van der Waals surface area contributed by atoms with E-state index in [1.807, 2.05) is 0 Å². The lowest BCUT2D eigenvalue weighted by atomic mass is 11.1. The Labute approximate surface area is 65.4 Å². The smallest absolute Gasteiger partial charge is 0.178 e. The van der Waals surface area contributed by atoms with Crippen molar-refractivity contribution in [1.82, 2.24) is 0 Å². The van der Waals surface area contributed by atoms with Crippen LogP contribution < -0.4 is 5.14 Å². The van der Waals surface area contributed by atoms with Crippen molar-refractivity contribution in [1.29, 1.82) is 0 Å². The number of nitrogens with zero attached hydrogens (tertiary/aromatic N) is 1. The molecule has 0 bridgehead atoms. The first kappa shape index (κ1) is 8.49. The first-order valence-electron chi connectivity index (χ1n) is 1.62. The zero-order valence-corrected chi connectivity index (χ0v) is 7.05. The number of nitrogens with two attached hydrogens (primary N) is 1. The standard InChI is InChI=1S/C3H4BrClN2S/c1-2(4)7-3(5)8-6/h1,6H2. The molecule has 8 heavy (non-hydrogen) atoms. The molecule has 0 atom stereocenters. The van der Waals surface area contributed by atoms with Gasteiger partial charge in [-0.05, 0) is 27.9 Å². The second kappa shape index (κ2) is 4.38. The Bertz CT molecular complexity index is 124. The molecule has 0 aliphatic carbocycles. The fourth-order valence-corrected chi connectivity index (χ4v) is 0.783. The molecular weight excluding hydrogens is 211 g/mol. The van der Waals surface area contributed by atoms with Gasteiger partial charge >= 0.3 is 0 Å². The van der Waals surface area contributed by atoms with E-state index in [-0.39, 0.29) is 4.50 Å². The highest BCUT2D eigenvalue weighted by Crippen LogP contribution is 2.08. The van der Waals surface area contributed by atoms with E-state index in [0.717, 1.165) is 11.9 Å². The lowest BCUT2D eigenvalue weighted by Gasteiger charge is -1.86. The number of hydrogen-bond donors (Lipinski definition) is 1. The average molecular weight is 216 g/mol. The maximum Gasteiger partial charge on any atom is 0.178 e. The molecule has 0 saturated heterocycles. The third kappa shape index (κ3) is 4.64. The summed E-state index contributed by atoms with van der Waals surface area (Å²) in [7, 11) is 0. The summed E-state index contributed by atoms with van der Waals surface area (Å²) in [5.41, 5.74) is 0. The quantitative estimate of drug-likeness (QED) is 0.315. The zero-order valence-electron chi connectivity index (χ0n) is 3.90. The SMILES string of the molecule is C=C(Br)N=C(Cl)SN. The third-order valence-corrected chi connectivity index (χ3v) is 1.12. The van der Waals surface area contributed by atoms with Crippen molar-refractivity contribution in [2.24, 2.45) is 10.1 Å². The van der Waals surface area contributed by atoms with Crippen molar-refractivity contribution < 1.29 is 0 Å². The van der Waals surface area contributed by atoms with Gasteiger partial charge < -0.3 is 0 Å². The van der Waals surface area contributed by atoms with Gasteiger partial charge in [0.1, 0.15) is 4.61 Å². The van der Waals surface area contributed by atoms with Crippen molar-refractivity contribution >= 4 is 44.0 Å². The largest absolute Gasteiger partial charge is 0.272 e. The number of halogens is 2. The second-order valence-corrected chi connectivity index (χ2v) is 2.98. The molecular formula is C3H4BrClN2S. The van der Waals surface area contributed by atoms with Crippen LogP contribution in [0.3, 0.4) is 0 Å². The molecule has 0 unspecified atom stereocenters. The van der Waals surface area contributed by atoms with Crippen LogP contribution in [-0.4, -0.2) is 4.50 Å². The molecule has 0 fully saturated rings. The Morgan fingerprint density at radius 2 is 2.38 bits per heavy atom. The van der Waals surface area contributed by atoms with Crippen molar-refractivity contribution in [3.63, 3.8) is 0 Å². The molecule has 0 aliphatic rings.